The molecule has 2 aromatic rings. The van der Waals surface area contributed by atoms with E-state index in [-0.39, 0.29) is 17.4 Å². The van der Waals surface area contributed by atoms with Crippen molar-refractivity contribution < 1.29 is 13.5 Å². The molecule has 20 heavy (non-hydrogen) atoms. The van der Waals surface area contributed by atoms with Gasteiger partial charge in [-0.05, 0) is 25.1 Å². The highest BCUT2D eigenvalue weighted by molar-refractivity contribution is 5.70. The Hall–Kier alpha value is -1.94. The lowest BCUT2D eigenvalue weighted by atomic mass is 9.95. The zero-order chi connectivity index (χ0) is 14.7. The second-order valence-electron chi connectivity index (χ2n) is 4.56. The van der Waals surface area contributed by atoms with Gasteiger partial charge >= 0.3 is 0 Å². The molecule has 106 valence electrons. The molecule has 0 aromatic heterocycles. The minimum Gasteiger partial charge on any atom is -0.497 e. The summed E-state index contributed by atoms with van der Waals surface area (Å²) in [5, 5.41) is 3.08. The number of hydrogen-bond donors (Lipinski definition) is 1. The van der Waals surface area contributed by atoms with Crippen molar-refractivity contribution in [3.05, 3.63) is 53.6 Å². The molecule has 0 aliphatic heterocycles. The predicted octanol–water partition coefficient (Wildman–Crippen LogP) is 3.92. The minimum absolute atomic E-state index is 0.00731. The molecule has 2 aromatic carbocycles. The number of halogens is 2. The van der Waals surface area contributed by atoms with E-state index in [1.807, 2.05) is 26.1 Å². The van der Waals surface area contributed by atoms with Crippen LogP contribution in [0.2, 0.25) is 0 Å². The first kappa shape index (κ1) is 14.5. The van der Waals surface area contributed by atoms with E-state index in [0.29, 0.717) is 5.56 Å². The third-order valence-corrected chi connectivity index (χ3v) is 3.38. The Kier molecular flexibility index (Phi) is 4.35. The topological polar surface area (TPSA) is 21.3 Å². The van der Waals surface area contributed by atoms with Gasteiger partial charge in [-0.25, -0.2) is 8.78 Å². The fourth-order valence-corrected chi connectivity index (χ4v) is 2.18. The monoisotopic (exact) mass is 277 g/mol. The Morgan fingerprint density at radius 3 is 2.25 bits per heavy atom. The highest BCUT2D eigenvalue weighted by atomic mass is 19.1. The van der Waals surface area contributed by atoms with E-state index in [4.69, 9.17) is 4.74 Å². The Balaban J connectivity index is 2.63. The van der Waals surface area contributed by atoms with Crippen molar-refractivity contribution in [1.29, 1.82) is 0 Å². The summed E-state index contributed by atoms with van der Waals surface area (Å²) in [6.45, 7) is 1.94. The maximum Gasteiger partial charge on any atom is 0.137 e. The average molecular weight is 277 g/mol. The second-order valence-corrected chi connectivity index (χ2v) is 4.56. The van der Waals surface area contributed by atoms with Crippen molar-refractivity contribution >= 4 is 0 Å². The number of ether oxygens (including phenoxy) is 1. The van der Waals surface area contributed by atoms with Crippen LogP contribution in [0.4, 0.5) is 8.78 Å². The van der Waals surface area contributed by atoms with Crippen LogP contribution in [0.3, 0.4) is 0 Å². The van der Waals surface area contributed by atoms with E-state index in [9.17, 15) is 8.78 Å². The summed E-state index contributed by atoms with van der Waals surface area (Å²) >= 11 is 0. The van der Waals surface area contributed by atoms with Crippen molar-refractivity contribution in [3.8, 4) is 16.9 Å². The van der Waals surface area contributed by atoms with E-state index in [0.717, 1.165) is 5.56 Å². The molecule has 0 radical (unpaired) electrons. The van der Waals surface area contributed by atoms with Crippen LogP contribution in [0.5, 0.6) is 5.75 Å². The van der Waals surface area contributed by atoms with Gasteiger partial charge in [0.25, 0.3) is 0 Å². The molecule has 0 fully saturated rings. The summed E-state index contributed by atoms with van der Waals surface area (Å²) in [6, 6.07) is 9.58. The van der Waals surface area contributed by atoms with Gasteiger partial charge in [-0.15, -0.1) is 0 Å². The van der Waals surface area contributed by atoms with Gasteiger partial charge in [0.1, 0.15) is 17.4 Å². The summed E-state index contributed by atoms with van der Waals surface area (Å²) in [7, 11) is 3.19. The summed E-state index contributed by atoms with van der Waals surface area (Å²) in [4.78, 5) is 0. The highest BCUT2D eigenvalue weighted by Gasteiger charge is 2.18. The van der Waals surface area contributed by atoms with Crippen LogP contribution in [-0.2, 0) is 0 Å². The Morgan fingerprint density at radius 1 is 1.10 bits per heavy atom. The molecule has 4 heteroatoms. The lowest BCUT2D eigenvalue weighted by molar-refractivity contribution is 0.407. The Bertz CT molecular complexity index is 590. The number of methoxy groups -OCH3 is 1. The van der Waals surface area contributed by atoms with Gasteiger partial charge in [0.15, 0.2) is 0 Å². The number of rotatable bonds is 4. The first-order valence-corrected chi connectivity index (χ1v) is 6.38. The smallest absolute Gasteiger partial charge is 0.137 e. The molecule has 0 spiro atoms. The molecule has 0 bridgehead atoms. The van der Waals surface area contributed by atoms with Gasteiger partial charge in [0, 0.05) is 18.2 Å². The van der Waals surface area contributed by atoms with Crippen LogP contribution in [0, 0.1) is 11.6 Å². The third-order valence-electron chi connectivity index (χ3n) is 3.38. The van der Waals surface area contributed by atoms with Crippen LogP contribution < -0.4 is 10.1 Å². The molecular weight excluding hydrogens is 260 g/mol. The fourth-order valence-electron chi connectivity index (χ4n) is 2.18. The molecule has 2 rings (SSSR count). The maximum atomic E-state index is 14.2. The van der Waals surface area contributed by atoms with E-state index in [1.54, 1.807) is 12.1 Å². The van der Waals surface area contributed by atoms with Crippen molar-refractivity contribution in [2.75, 3.05) is 14.2 Å². The van der Waals surface area contributed by atoms with Crippen LogP contribution in [0.25, 0.3) is 11.1 Å². The van der Waals surface area contributed by atoms with E-state index in [2.05, 4.69) is 5.32 Å². The standard InChI is InChI=1S/C16H17F2NO/c1-10(19-2)12-6-4-5-7-13(12)16-14(17)8-11(20-3)9-15(16)18/h4-10,19H,1-3H3. The third kappa shape index (κ3) is 2.65. The molecule has 0 aliphatic rings. The molecule has 0 saturated heterocycles. The van der Waals surface area contributed by atoms with Crippen LogP contribution >= 0.6 is 0 Å². The second kappa shape index (κ2) is 6.01. The zero-order valence-electron chi connectivity index (χ0n) is 11.7. The zero-order valence-corrected chi connectivity index (χ0v) is 11.7. The molecule has 1 unspecified atom stereocenters. The molecule has 1 atom stereocenters. The SMILES string of the molecule is CNC(C)c1ccccc1-c1c(F)cc(OC)cc1F. The summed E-state index contributed by atoms with van der Waals surface area (Å²) in [5.74, 6) is -1.09. The molecule has 0 saturated carbocycles. The molecular formula is C16H17F2NO. The average Bonchev–Trinajstić information content (AvgIpc) is 2.46. The lowest BCUT2D eigenvalue weighted by Crippen LogP contribution is -2.13. The maximum absolute atomic E-state index is 14.2. The number of hydrogen-bond acceptors (Lipinski definition) is 2. The number of benzene rings is 2. The van der Waals surface area contributed by atoms with Gasteiger partial charge in [-0.3, -0.25) is 0 Å². The quantitative estimate of drug-likeness (QED) is 0.914. The first-order valence-electron chi connectivity index (χ1n) is 6.38. The minimum atomic E-state index is -0.627. The van der Waals surface area contributed by atoms with Gasteiger partial charge < -0.3 is 10.1 Å². The summed E-state index contributed by atoms with van der Waals surface area (Å²) in [6.07, 6.45) is 0. The summed E-state index contributed by atoms with van der Waals surface area (Å²) in [5.41, 5.74) is 1.37. The molecule has 2 nitrogen and oxygen atoms in total. The van der Waals surface area contributed by atoms with Crippen LogP contribution in [0.1, 0.15) is 18.5 Å². The fraction of sp³-hybridized carbons (Fsp3) is 0.250. The largest absolute Gasteiger partial charge is 0.497 e. The normalized spacial score (nSPS) is 12.2. The van der Waals surface area contributed by atoms with Crippen molar-refractivity contribution in [3.63, 3.8) is 0 Å². The molecule has 0 heterocycles. The van der Waals surface area contributed by atoms with Crippen molar-refractivity contribution in [2.45, 2.75) is 13.0 Å². The van der Waals surface area contributed by atoms with Gasteiger partial charge in [-0.1, -0.05) is 24.3 Å². The van der Waals surface area contributed by atoms with Gasteiger partial charge in [0.05, 0.1) is 12.7 Å². The van der Waals surface area contributed by atoms with E-state index < -0.39 is 11.6 Å². The predicted molar refractivity (Wildman–Crippen MR) is 75.8 cm³/mol. The Morgan fingerprint density at radius 2 is 1.70 bits per heavy atom. The van der Waals surface area contributed by atoms with Gasteiger partial charge in [-0.2, -0.15) is 0 Å². The van der Waals surface area contributed by atoms with Gasteiger partial charge in [0.2, 0.25) is 0 Å². The summed E-state index contributed by atoms with van der Waals surface area (Å²) < 4.78 is 33.3. The highest BCUT2D eigenvalue weighted by Crippen LogP contribution is 2.34. The molecule has 1 N–H and O–H groups in total. The lowest BCUT2D eigenvalue weighted by Gasteiger charge is -2.17. The Labute approximate surface area is 117 Å². The molecule has 0 amide bonds. The van der Waals surface area contributed by atoms with Crippen molar-refractivity contribution in [1.82, 2.24) is 5.32 Å². The van der Waals surface area contributed by atoms with Crippen molar-refractivity contribution in [2.24, 2.45) is 0 Å². The first-order chi connectivity index (χ1) is 9.58. The molecule has 0 aliphatic carbocycles. The number of nitrogens with one attached hydrogen (secondary N) is 1. The van der Waals surface area contributed by atoms with E-state index in [1.165, 1.54) is 19.2 Å². The van der Waals surface area contributed by atoms with Crippen LogP contribution in [-0.4, -0.2) is 14.2 Å². The van der Waals surface area contributed by atoms with E-state index >= 15 is 0 Å². The van der Waals surface area contributed by atoms with Crippen LogP contribution in [0.15, 0.2) is 36.4 Å².